The van der Waals surface area contributed by atoms with Gasteiger partial charge in [-0.3, -0.25) is 0 Å². The highest BCUT2D eigenvalue weighted by Gasteiger charge is 2.29. The molecule has 2 aromatic rings. The Labute approximate surface area is 118 Å². The van der Waals surface area contributed by atoms with E-state index in [2.05, 4.69) is 11.4 Å². The minimum atomic E-state index is -4.36. The first kappa shape index (κ1) is 15.0. The maximum atomic E-state index is 12.9. The third kappa shape index (κ3) is 4.59. The van der Waals surface area contributed by atoms with Crippen LogP contribution < -0.4 is 0 Å². The first-order valence-corrected chi connectivity index (χ1v) is 5.95. The summed E-state index contributed by atoms with van der Waals surface area (Å²) in [7, 11) is 0. The highest BCUT2D eigenvalue weighted by atomic mass is 19.4. The summed E-state index contributed by atoms with van der Waals surface area (Å²) in [5.41, 5.74) is 0.219. The van der Waals surface area contributed by atoms with E-state index < -0.39 is 17.6 Å². The molecule has 0 atom stereocenters. The Morgan fingerprint density at radius 1 is 1.05 bits per heavy atom. The maximum Gasteiger partial charge on any atom is 0.416 e. The molecule has 0 unspecified atom stereocenters. The summed E-state index contributed by atoms with van der Waals surface area (Å²) in [5, 5.41) is 3.51. The molecule has 0 saturated carbocycles. The minimum absolute atomic E-state index is 0.000449. The quantitative estimate of drug-likeness (QED) is 0.469. The summed E-state index contributed by atoms with van der Waals surface area (Å²) in [5.74, 6) is -0.419. The van der Waals surface area contributed by atoms with Crippen molar-refractivity contribution >= 4 is 6.21 Å². The lowest BCUT2D eigenvalue weighted by molar-refractivity contribution is -0.137. The molecule has 0 aliphatic carbocycles. The smallest absolute Gasteiger partial charge is 0.390 e. The van der Waals surface area contributed by atoms with Crippen LogP contribution in [0.1, 0.15) is 16.7 Å². The van der Waals surface area contributed by atoms with Crippen LogP contribution >= 0.6 is 0 Å². The van der Waals surface area contributed by atoms with Gasteiger partial charge in [0.25, 0.3) is 0 Å². The van der Waals surface area contributed by atoms with Gasteiger partial charge < -0.3 is 4.84 Å². The van der Waals surface area contributed by atoms with Crippen LogP contribution in [0, 0.1) is 5.82 Å². The Morgan fingerprint density at radius 3 is 2.38 bits per heavy atom. The van der Waals surface area contributed by atoms with E-state index in [0.29, 0.717) is 11.1 Å². The molecule has 0 amide bonds. The molecule has 1 radical (unpaired) electrons. The van der Waals surface area contributed by atoms with Crippen molar-refractivity contribution < 1.29 is 22.4 Å². The molecule has 109 valence electrons. The first-order valence-electron chi connectivity index (χ1n) is 5.95. The van der Waals surface area contributed by atoms with Gasteiger partial charge in [0.05, 0.1) is 5.56 Å². The Morgan fingerprint density at radius 2 is 1.76 bits per heavy atom. The van der Waals surface area contributed by atoms with Crippen molar-refractivity contribution in [3.05, 3.63) is 71.0 Å². The lowest BCUT2D eigenvalue weighted by Gasteiger charge is -2.06. The first-order chi connectivity index (χ1) is 9.95. The number of halogens is 4. The summed E-state index contributed by atoms with van der Waals surface area (Å²) in [6.07, 6.45) is -1.88. The van der Waals surface area contributed by atoms with E-state index in [1.54, 1.807) is 6.07 Å². The predicted molar refractivity (Wildman–Crippen MR) is 69.2 cm³/mol. The monoisotopic (exact) mass is 296 g/mol. The average molecular weight is 296 g/mol. The summed E-state index contributed by atoms with van der Waals surface area (Å²) in [4.78, 5) is 4.90. The van der Waals surface area contributed by atoms with Crippen LogP contribution in [-0.4, -0.2) is 6.21 Å². The zero-order chi connectivity index (χ0) is 15.3. The van der Waals surface area contributed by atoms with Gasteiger partial charge in [0.15, 0.2) is 0 Å². The summed E-state index contributed by atoms with van der Waals surface area (Å²) < 4.78 is 49.9. The van der Waals surface area contributed by atoms with Crippen LogP contribution in [0.5, 0.6) is 0 Å². The fraction of sp³-hybridized carbons (Fsp3) is 0.133. The zero-order valence-corrected chi connectivity index (χ0v) is 10.7. The van der Waals surface area contributed by atoms with E-state index in [1.807, 2.05) is 0 Å². The summed E-state index contributed by atoms with van der Waals surface area (Å²) in [6.45, 7) is 0.000449. The Kier molecular flexibility index (Phi) is 4.57. The van der Waals surface area contributed by atoms with Crippen LogP contribution in [-0.2, 0) is 17.6 Å². The molecule has 2 nitrogen and oxygen atoms in total. The molecule has 0 heterocycles. The maximum absolute atomic E-state index is 12.9. The largest absolute Gasteiger partial charge is 0.416 e. The van der Waals surface area contributed by atoms with Gasteiger partial charge >= 0.3 is 6.18 Å². The van der Waals surface area contributed by atoms with Crippen molar-refractivity contribution in [3.63, 3.8) is 0 Å². The highest BCUT2D eigenvalue weighted by Crippen LogP contribution is 2.29. The third-order valence-electron chi connectivity index (χ3n) is 2.58. The standard InChI is InChI=1S/C15H10F4NO/c16-14-3-1-2-12(8-14)9-20-21-10-11-4-6-13(7-5-11)15(17,18)19/h1-8H,10H2. The third-order valence-corrected chi connectivity index (χ3v) is 2.58. The van der Waals surface area contributed by atoms with E-state index in [9.17, 15) is 17.6 Å². The zero-order valence-electron chi connectivity index (χ0n) is 10.7. The van der Waals surface area contributed by atoms with E-state index in [0.717, 1.165) is 12.1 Å². The molecule has 6 heteroatoms. The average Bonchev–Trinajstić information content (AvgIpc) is 2.43. The summed E-state index contributed by atoms with van der Waals surface area (Å²) in [6, 6.07) is 10.2. The van der Waals surface area contributed by atoms with Gasteiger partial charge in [-0.15, -0.1) is 0 Å². The molecule has 0 aliphatic heterocycles. The van der Waals surface area contributed by atoms with Crippen LogP contribution in [0.15, 0.2) is 53.7 Å². The normalized spacial score (nSPS) is 11.8. The molecule has 0 N–H and O–H groups in total. The van der Waals surface area contributed by atoms with E-state index >= 15 is 0 Å². The SMILES string of the molecule is Fc1cccc(/[C]=N\OCc2ccc(C(F)(F)F)cc2)c1. The van der Waals surface area contributed by atoms with E-state index in [4.69, 9.17) is 4.84 Å². The van der Waals surface area contributed by atoms with Crippen molar-refractivity contribution in [1.29, 1.82) is 0 Å². The number of hydrogen-bond acceptors (Lipinski definition) is 2. The Balaban J connectivity index is 1.89. The molecule has 21 heavy (non-hydrogen) atoms. The molecule has 0 saturated heterocycles. The fourth-order valence-corrected chi connectivity index (χ4v) is 1.54. The number of rotatable bonds is 4. The predicted octanol–water partition coefficient (Wildman–Crippen LogP) is 4.27. The molecule has 0 bridgehead atoms. The van der Waals surface area contributed by atoms with Gasteiger partial charge in [0.2, 0.25) is 0 Å². The van der Waals surface area contributed by atoms with Gasteiger partial charge in [-0.1, -0.05) is 29.4 Å². The molecular formula is C15H10F4NO. The van der Waals surface area contributed by atoms with Crippen LogP contribution in [0.25, 0.3) is 0 Å². The lowest BCUT2D eigenvalue weighted by atomic mass is 10.1. The molecule has 0 fully saturated rings. The fourth-order valence-electron chi connectivity index (χ4n) is 1.54. The van der Waals surface area contributed by atoms with Gasteiger partial charge in [-0.05, 0) is 29.8 Å². The molecule has 2 rings (SSSR count). The number of nitrogens with zero attached hydrogens (tertiary/aromatic N) is 1. The van der Waals surface area contributed by atoms with Crippen molar-refractivity contribution in [2.75, 3.05) is 0 Å². The Bertz CT molecular complexity index is 620. The number of alkyl halides is 3. The van der Waals surface area contributed by atoms with Crippen molar-refractivity contribution in [2.24, 2.45) is 5.16 Å². The number of hydrogen-bond donors (Lipinski definition) is 0. The second kappa shape index (κ2) is 6.39. The molecular weight excluding hydrogens is 286 g/mol. The van der Waals surface area contributed by atoms with Crippen molar-refractivity contribution in [3.8, 4) is 0 Å². The van der Waals surface area contributed by atoms with Crippen LogP contribution in [0.2, 0.25) is 0 Å². The topological polar surface area (TPSA) is 21.6 Å². The van der Waals surface area contributed by atoms with Gasteiger partial charge in [-0.25, -0.2) is 4.39 Å². The van der Waals surface area contributed by atoms with Crippen molar-refractivity contribution in [2.45, 2.75) is 12.8 Å². The van der Waals surface area contributed by atoms with Gasteiger partial charge in [-0.2, -0.15) is 13.2 Å². The van der Waals surface area contributed by atoms with Crippen LogP contribution in [0.4, 0.5) is 17.6 Å². The van der Waals surface area contributed by atoms with Crippen molar-refractivity contribution in [1.82, 2.24) is 0 Å². The molecule has 2 aromatic carbocycles. The summed E-state index contributed by atoms with van der Waals surface area (Å²) >= 11 is 0. The molecule has 0 aliphatic rings. The van der Waals surface area contributed by atoms with E-state index in [1.165, 1.54) is 30.3 Å². The molecule has 0 aromatic heterocycles. The number of benzene rings is 2. The van der Waals surface area contributed by atoms with E-state index in [-0.39, 0.29) is 6.61 Å². The molecule has 0 spiro atoms. The second-order valence-corrected chi connectivity index (χ2v) is 4.18. The van der Waals surface area contributed by atoms with Crippen LogP contribution in [0.3, 0.4) is 0 Å². The minimum Gasteiger partial charge on any atom is -0.390 e. The second-order valence-electron chi connectivity index (χ2n) is 4.18. The highest BCUT2D eigenvalue weighted by molar-refractivity contribution is 5.78. The lowest BCUT2D eigenvalue weighted by Crippen LogP contribution is -2.04. The van der Waals surface area contributed by atoms with Gasteiger partial charge in [0, 0.05) is 5.56 Å². The van der Waals surface area contributed by atoms with Gasteiger partial charge in [0.1, 0.15) is 18.6 Å². The Hall–Kier alpha value is -2.37.